The maximum atomic E-state index is 10.7. The fraction of sp³-hybridized carbons (Fsp3) is 0. The highest BCUT2D eigenvalue weighted by molar-refractivity contribution is 5.86. The summed E-state index contributed by atoms with van der Waals surface area (Å²) in [5.41, 5.74) is 6.27. The van der Waals surface area contributed by atoms with Crippen molar-refractivity contribution in [2.24, 2.45) is 0 Å². The number of hydrogen-bond acceptors (Lipinski definition) is 6. The summed E-state index contributed by atoms with van der Waals surface area (Å²) < 4.78 is 0. The third-order valence-corrected chi connectivity index (χ3v) is 1.85. The van der Waals surface area contributed by atoms with Crippen LogP contribution in [0.5, 0.6) is 0 Å². The fourth-order valence-electron chi connectivity index (χ4n) is 1.10. The first-order valence-corrected chi connectivity index (χ1v) is 4.30. The number of aromatic nitrogens is 4. The van der Waals surface area contributed by atoms with Gasteiger partial charge in [-0.25, -0.2) is 24.7 Å². The molecule has 0 aromatic carbocycles. The van der Waals surface area contributed by atoms with Gasteiger partial charge in [0.15, 0.2) is 5.69 Å². The van der Waals surface area contributed by atoms with Gasteiger partial charge in [0.05, 0.1) is 5.69 Å². The number of rotatable bonds is 2. The van der Waals surface area contributed by atoms with Gasteiger partial charge < -0.3 is 10.8 Å². The van der Waals surface area contributed by atoms with Crippen LogP contribution < -0.4 is 5.73 Å². The van der Waals surface area contributed by atoms with Crippen LogP contribution in [0.3, 0.4) is 0 Å². The Morgan fingerprint density at radius 3 is 2.50 bits per heavy atom. The zero-order chi connectivity index (χ0) is 11.5. The second-order valence-electron chi connectivity index (χ2n) is 2.92. The van der Waals surface area contributed by atoms with E-state index in [9.17, 15) is 4.79 Å². The molecule has 0 amide bonds. The minimum Gasteiger partial charge on any atom is -0.477 e. The van der Waals surface area contributed by atoms with E-state index >= 15 is 0 Å². The van der Waals surface area contributed by atoms with Crippen molar-refractivity contribution in [3.05, 3.63) is 30.5 Å². The van der Waals surface area contributed by atoms with Crippen molar-refractivity contribution < 1.29 is 9.90 Å². The van der Waals surface area contributed by atoms with Gasteiger partial charge in [0, 0.05) is 18.0 Å². The van der Waals surface area contributed by atoms with Crippen LogP contribution in [0.2, 0.25) is 0 Å². The molecule has 3 N–H and O–H groups in total. The number of carboxylic acids is 1. The Morgan fingerprint density at radius 1 is 1.19 bits per heavy atom. The molecular formula is C9H7N5O2. The summed E-state index contributed by atoms with van der Waals surface area (Å²) in [5, 5.41) is 8.76. The molecule has 0 fully saturated rings. The Labute approximate surface area is 90.0 Å². The van der Waals surface area contributed by atoms with Gasteiger partial charge in [-0.15, -0.1) is 0 Å². The van der Waals surface area contributed by atoms with E-state index < -0.39 is 5.97 Å². The van der Waals surface area contributed by atoms with Crippen molar-refractivity contribution in [3.63, 3.8) is 0 Å². The summed E-state index contributed by atoms with van der Waals surface area (Å²) in [6.07, 6.45) is 4.11. The minimum atomic E-state index is -1.11. The highest BCUT2D eigenvalue weighted by Gasteiger charge is 2.07. The predicted octanol–water partition coefficient (Wildman–Crippen LogP) is 0.214. The topological polar surface area (TPSA) is 115 Å². The molecule has 0 atom stereocenters. The van der Waals surface area contributed by atoms with Crippen LogP contribution in [-0.4, -0.2) is 31.0 Å². The molecule has 2 heterocycles. The van der Waals surface area contributed by atoms with Gasteiger partial charge in [-0.1, -0.05) is 0 Å². The molecule has 0 aliphatic carbocycles. The molecule has 2 aromatic heterocycles. The number of anilines is 1. The first-order chi connectivity index (χ1) is 7.66. The van der Waals surface area contributed by atoms with E-state index in [-0.39, 0.29) is 11.6 Å². The summed E-state index contributed by atoms with van der Waals surface area (Å²) >= 11 is 0. The lowest BCUT2D eigenvalue weighted by Crippen LogP contribution is -2.01. The summed E-state index contributed by atoms with van der Waals surface area (Å²) in [7, 11) is 0. The molecule has 0 spiro atoms. The molecule has 0 aliphatic heterocycles. The lowest BCUT2D eigenvalue weighted by atomic mass is 10.2. The lowest BCUT2D eigenvalue weighted by Gasteiger charge is -2.00. The van der Waals surface area contributed by atoms with E-state index in [0.717, 1.165) is 0 Å². The fourth-order valence-corrected chi connectivity index (χ4v) is 1.10. The molecule has 2 rings (SSSR count). The van der Waals surface area contributed by atoms with E-state index in [1.165, 1.54) is 24.8 Å². The molecule has 0 saturated carbocycles. The van der Waals surface area contributed by atoms with Gasteiger partial charge in [0.2, 0.25) is 5.95 Å². The zero-order valence-electron chi connectivity index (χ0n) is 8.03. The summed E-state index contributed by atoms with van der Waals surface area (Å²) in [4.78, 5) is 25.8. The summed E-state index contributed by atoms with van der Waals surface area (Å²) in [6, 6.07) is 1.34. The Hall–Kier alpha value is -2.57. The Bertz CT molecular complexity index is 526. The molecule has 0 bridgehead atoms. The average molecular weight is 217 g/mol. The monoisotopic (exact) mass is 217 g/mol. The SMILES string of the molecule is Nc1ncc(-c2cc(C(=O)O)ncn2)cn1. The highest BCUT2D eigenvalue weighted by atomic mass is 16.4. The third-order valence-electron chi connectivity index (χ3n) is 1.85. The Kier molecular flexibility index (Phi) is 2.42. The van der Waals surface area contributed by atoms with Gasteiger partial charge in [-0.2, -0.15) is 0 Å². The van der Waals surface area contributed by atoms with Gasteiger partial charge in [0.1, 0.15) is 6.33 Å². The molecule has 7 nitrogen and oxygen atoms in total. The number of nitrogens with two attached hydrogens (primary N) is 1. The number of hydrogen-bond donors (Lipinski definition) is 2. The average Bonchev–Trinajstić information content (AvgIpc) is 2.30. The minimum absolute atomic E-state index is 0.0816. The van der Waals surface area contributed by atoms with Crippen molar-refractivity contribution in [3.8, 4) is 11.3 Å². The van der Waals surface area contributed by atoms with Crippen LogP contribution in [0.25, 0.3) is 11.3 Å². The van der Waals surface area contributed by atoms with Crippen LogP contribution in [0.4, 0.5) is 5.95 Å². The van der Waals surface area contributed by atoms with Crippen molar-refractivity contribution in [2.75, 3.05) is 5.73 Å². The van der Waals surface area contributed by atoms with Crippen molar-refractivity contribution in [1.29, 1.82) is 0 Å². The summed E-state index contributed by atoms with van der Waals surface area (Å²) in [6.45, 7) is 0. The molecule has 0 saturated heterocycles. The second kappa shape index (κ2) is 3.89. The number of carboxylic acid groups (broad SMARTS) is 1. The molecule has 16 heavy (non-hydrogen) atoms. The first-order valence-electron chi connectivity index (χ1n) is 4.30. The molecule has 0 aliphatic rings. The molecular weight excluding hydrogens is 210 g/mol. The van der Waals surface area contributed by atoms with Gasteiger partial charge in [-0.05, 0) is 6.07 Å². The first kappa shape index (κ1) is 9.97. The molecule has 2 aromatic rings. The van der Waals surface area contributed by atoms with Crippen LogP contribution in [0.1, 0.15) is 10.5 Å². The maximum Gasteiger partial charge on any atom is 0.354 e. The quantitative estimate of drug-likeness (QED) is 0.738. The predicted molar refractivity (Wildman–Crippen MR) is 54.4 cm³/mol. The van der Waals surface area contributed by atoms with Gasteiger partial charge >= 0.3 is 5.97 Å². The van der Waals surface area contributed by atoms with E-state index in [1.54, 1.807) is 0 Å². The van der Waals surface area contributed by atoms with Crippen molar-refractivity contribution in [2.45, 2.75) is 0 Å². The largest absolute Gasteiger partial charge is 0.477 e. The van der Waals surface area contributed by atoms with E-state index in [4.69, 9.17) is 10.8 Å². The zero-order valence-corrected chi connectivity index (χ0v) is 8.03. The molecule has 0 radical (unpaired) electrons. The van der Waals surface area contributed by atoms with Crippen LogP contribution in [0, 0.1) is 0 Å². The van der Waals surface area contributed by atoms with Crippen molar-refractivity contribution in [1.82, 2.24) is 19.9 Å². The van der Waals surface area contributed by atoms with Crippen LogP contribution >= 0.6 is 0 Å². The lowest BCUT2D eigenvalue weighted by molar-refractivity contribution is 0.0690. The third kappa shape index (κ3) is 1.92. The second-order valence-corrected chi connectivity index (χ2v) is 2.92. The number of carbonyl (C=O) groups is 1. The summed E-state index contributed by atoms with van der Waals surface area (Å²) in [5.74, 6) is -0.962. The van der Waals surface area contributed by atoms with Gasteiger partial charge in [0.25, 0.3) is 0 Å². The normalized spacial score (nSPS) is 10.0. The van der Waals surface area contributed by atoms with Gasteiger partial charge in [-0.3, -0.25) is 0 Å². The van der Waals surface area contributed by atoms with E-state index in [1.807, 2.05) is 0 Å². The Balaban J connectivity index is 2.44. The maximum absolute atomic E-state index is 10.7. The number of aromatic carboxylic acids is 1. The van der Waals surface area contributed by atoms with Crippen LogP contribution in [0.15, 0.2) is 24.8 Å². The highest BCUT2D eigenvalue weighted by Crippen LogP contribution is 2.14. The molecule has 0 unspecified atom stereocenters. The van der Waals surface area contributed by atoms with Crippen LogP contribution in [-0.2, 0) is 0 Å². The van der Waals surface area contributed by atoms with E-state index in [2.05, 4.69) is 19.9 Å². The number of nitrogens with zero attached hydrogens (tertiary/aromatic N) is 4. The smallest absolute Gasteiger partial charge is 0.354 e. The standard InChI is InChI=1S/C9H7N5O2/c10-9-11-2-5(3-12-9)6-1-7(8(15)16)14-4-13-6/h1-4H,(H,15,16)(H2,10,11,12). The van der Waals surface area contributed by atoms with Crippen molar-refractivity contribution >= 4 is 11.9 Å². The molecule has 80 valence electrons. The Morgan fingerprint density at radius 2 is 1.88 bits per heavy atom. The van der Waals surface area contributed by atoms with E-state index in [0.29, 0.717) is 11.3 Å². The molecule has 7 heteroatoms. The number of nitrogen functional groups attached to an aromatic ring is 1.